The number of nitrogens with two attached hydrogens (primary N) is 1. The van der Waals surface area contributed by atoms with E-state index in [1.807, 2.05) is 69.3 Å². The van der Waals surface area contributed by atoms with E-state index in [-0.39, 0.29) is 17.8 Å². The predicted octanol–water partition coefficient (Wildman–Crippen LogP) is 5.82. The van der Waals surface area contributed by atoms with Gasteiger partial charge in [0.1, 0.15) is 11.9 Å². The molecule has 1 aliphatic heterocycles. The van der Waals surface area contributed by atoms with Crippen LogP contribution in [0.15, 0.2) is 100 Å². The lowest BCUT2D eigenvalue weighted by Crippen LogP contribution is -2.50. The molecule has 0 radical (unpaired) electrons. The summed E-state index contributed by atoms with van der Waals surface area (Å²) in [6, 6.07) is 22.2. The molecule has 2 atom stereocenters. The van der Waals surface area contributed by atoms with E-state index < -0.39 is 12.0 Å². The van der Waals surface area contributed by atoms with Gasteiger partial charge in [0.05, 0.1) is 11.8 Å². The smallest absolute Gasteiger partial charge is 0.251 e. The van der Waals surface area contributed by atoms with Crippen LogP contribution in [-0.2, 0) is 4.74 Å². The molecular formula is C30H31FN4O2. The Labute approximate surface area is 216 Å². The minimum Gasteiger partial charge on any atom is -0.476 e. The number of nitrogens with one attached hydrogen (secondary N) is 1. The maximum absolute atomic E-state index is 13.9. The van der Waals surface area contributed by atoms with Crippen molar-refractivity contribution in [1.82, 2.24) is 5.32 Å². The zero-order valence-corrected chi connectivity index (χ0v) is 21.4. The molecule has 1 amide bonds. The quantitative estimate of drug-likeness (QED) is 0.465. The molecule has 0 spiro atoms. The normalized spacial score (nSPS) is 19.9. The minimum atomic E-state index is -0.705. The van der Waals surface area contributed by atoms with E-state index in [1.54, 1.807) is 25.1 Å². The summed E-state index contributed by atoms with van der Waals surface area (Å²) in [6.45, 7) is 7.48. The van der Waals surface area contributed by atoms with E-state index in [4.69, 9.17) is 20.5 Å². The first kappa shape index (κ1) is 25.8. The lowest BCUT2D eigenvalue weighted by Gasteiger charge is -2.35. The van der Waals surface area contributed by atoms with Gasteiger partial charge in [0.15, 0.2) is 5.84 Å². The summed E-state index contributed by atoms with van der Waals surface area (Å²) in [5.41, 5.74) is 10.5. The van der Waals surface area contributed by atoms with Crippen LogP contribution in [0.25, 0.3) is 0 Å². The molecule has 0 aliphatic carbocycles. The molecule has 0 bridgehead atoms. The Hall–Kier alpha value is -4.26. The molecule has 1 heterocycles. The van der Waals surface area contributed by atoms with Crippen molar-refractivity contribution in [3.8, 4) is 0 Å². The number of para-hydroxylation sites is 1. The van der Waals surface area contributed by atoms with E-state index in [0.29, 0.717) is 34.3 Å². The highest BCUT2D eigenvalue weighted by atomic mass is 19.1. The summed E-state index contributed by atoms with van der Waals surface area (Å²) >= 11 is 0. The number of aryl methyl sites for hydroxylation is 1. The van der Waals surface area contributed by atoms with E-state index in [2.05, 4.69) is 5.32 Å². The monoisotopic (exact) mass is 498 g/mol. The highest BCUT2D eigenvalue weighted by molar-refractivity contribution is 6.13. The van der Waals surface area contributed by atoms with Crippen molar-refractivity contribution in [3.63, 3.8) is 0 Å². The third-order valence-electron chi connectivity index (χ3n) is 5.94. The standard InChI is InChI=1S/C30H31FN4O2/c1-18(2)37-30-27(34-29(36)22-10-8-9-19(3)17-22)26(21-13-15-23(31)16-14-21)25(20(4)32)28(35-30)33-24-11-6-5-7-12-24/h5-18,26-27H,32H2,1-4H3,(H,34,36)/t26-,27-/m0/s1. The highest BCUT2D eigenvalue weighted by Crippen LogP contribution is 2.36. The lowest BCUT2D eigenvalue weighted by molar-refractivity contribution is 0.0935. The number of nitrogens with zero attached hydrogens (tertiary/aromatic N) is 2. The van der Waals surface area contributed by atoms with Gasteiger partial charge in [-0.05, 0) is 69.7 Å². The number of amidine groups is 1. The van der Waals surface area contributed by atoms with Gasteiger partial charge in [-0.3, -0.25) is 4.79 Å². The molecule has 0 unspecified atom stereocenters. The second kappa shape index (κ2) is 11.2. The van der Waals surface area contributed by atoms with Gasteiger partial charge >= 0.3 is 0 Å². The number of rotatable bonds is 5. The van der Waals surface area contributed by atoms with E-state index in [0.717, 1.165) is 11.1 Å². The summed E-state index contributed by atoms with van der Waals surface area (Å²) in [5, 5.41) is 3.12. The number of hydrogen-bond acceptors (Lipinski definition) is 4. The maximum Gasteiger partial charge on any atom is 0.251 e. The van der Waals surface area contributed by atoms with Crippen LogP contribution in [0.2, 0.25) is 0 Å². The first-order valence-corrected chi connectivity index (χ1v) is 12.2. The molecule has 0 saturated heterocycles. The molecule has 0 saturated carbocycles. The number of carbonyl (C=O) groups excluding carboxylic acids is 1. The van der Waals surface area contributed by atoms with Gasteiger partial charge in [-0.25, -0.2) is 9.38 Å². The van der Waals surface area contributed by atoms with Crippen LogP contribution in [0.5, 0.6) is 0 Å². The highest BCUT2D eigenvalue weighted by Gasteiger charge is 2.41. The Bertz CT molecular complexity index is 1360. The summed E-state index contributed by atoms with van der Waals surface area (Å²) in [7, 11) is 0. The largest absolute Gasteiger partial charge is 0.476 e. The molecule has 3 aromatic carbocycles. The van der Waals surface area contributed by atoms with Crippen LogP contribution in [0.4, 0.5) is 10.1 Å². The SMILES string of the molecule is CC(N)=C1C(=Nc2ccccc2)N=C(OC(C)C)[C@@H](NC(=O)c2cccc(C)c2)[C@H]1c1ccc(F)cc1. The predicted molar refractivity (Wildman–Crippen MR) is 146 cm³/mol. The molecule has 4 rings (SSSR count). The molecule has 1 aliphatic rings. The Morgan fingerprint density at radius 2 is 1.76 bits per heavy atom. The van der Waals surface area contributed by atoms with Crippen LogP contribution in [0.1, 0.15) is 48.2 Å². The zero-order chi connectivity index (χ0) is 26.5. The minimum absolute atomic E-state index is 0.214. The number of carbonyl (C=O) groups is 1. The Morgan fingerprint density at radius 3 is 2.38 bits per heavy atom. The van der Waals surface area contributed by atoms with Gasteiger partial charge in [-0.1, -0.05) is 48.0 Å². The topological polar surface area (TPSA) is 89.1 Å². The van der Waals surface area contributed by atoms with Crippen molar-refractivity contribution in [2.75, 3.05) is 0 Å². The van der Waals surface area contributed by atoms with Crippen molar-refractivity contribution >= 4 is 23.3 Å². The van der Waals surface area contributed by atoms with E-state index in [1.165, 1.54) is 12.1 Å². The van der Waals surface area contributed by atoms with Gasteiger partial charge in [-0.15, -0.1) is 0 Å². The van der Waals surface area contributed by atoms with Gasteiger partial charge in [0.25, 0.3) is 5.91 Å². The Balaban J connectivity index is 1.91. The summed E-state index contributed by atoms with van der Waals surface area (Å²) in [6.07, 6.45) is -0.214. The second-order valence-corrected chi connectivity index (χ2v) is 9.33. The van der Waals surface area contributed by atoms with Crippen molar-refractivity contribution in [2.24, 2.45) is 15.7 Å². The number of hydrogen-bond donors (Lipinski definition) is 2. The molecule has 7 heteroatoms. The molecule has 0 aromatic heterocycles. The number of benzene rings is 3. The third kappa shape index (κ3) is 6.12. The number of aliphatic imine (C=N–C) groups is 2. The Morgan fingerprint density at radius 1 is 1.05 bits per heavy atom. The lowest BCUT2D eigenvalue weighted by atomic mass is 9.80. The van der Waals surface area contributed by atoms with Crippen molar-refractivity contribution in [1.29, 1.82) is 0 Å². The van der Waals surface area contributed by atoms with Crippen molar-refractivity contribution in [3.05, 3.63) is 113 Å². The van der Waals surface area contributed by atoms with E-state index >= 15 is 0 Å². The summed E-state index contributed by atoms with van der Waals surface area (Å²) in [5.74, 6) is -0.464. The second-order valence-electron chi connectivity index (χ2n) is 9.33. The van der Waals surface area contributed by atoms with Crippen LogP contribution in [0.3, 0.4) is 0 Å². The molecule has 190 valence electrons. The van der Waals surface area contributed by atoms with Crippen LogP contribution < -0.4 is 11.1 Å². The fourth-order valence-corrected chi connectivity index (χ4v) is 4.34. The van der Waals surface area contributed by atoms with Crippen molar-refractivity contribution in [2.45, 2.75) is 45.8 Å². The van der Waals surface area contributed by atoms with Crippen LogP contribution in [0, 0.1) is 12.7 Å². The molecule has 6 nitrogen and oxygen atoms in total. The first-order chi connectivity index (χ1) is 17.7. The molecule has 0 fully saturated rings. The van der Waals surface area contributed by atoms with Crippen molar-refractivity contribution < 1.29 is 13.9 Å². The molecular weight excluding hydrogens is 467 g/mol. The van der Waals surface area contributed by atoms with Gasteiger partial charge in [0.2, 0.25) is 5.90 Å². The summed E-state index contributed by atoms with van der Waals surface area (Å²) in [4.78, 5) is 23.0. The van der Waals surface area contributed by atoms with Gasteiger partial charge in [-0.2, -0.15) is 4.99 Å². The number of ether oxygens (including phenoxy) is 1. The molecule has 3 N–H and O–H groups in total. The number of amides is 1. The molecule has 3 aromatic rings. The summed E-state index contributed by atoms with van der Waals surface area (Å²) < 4.78 is 20.1. The number of allylic oxidation sites excluding steroid dienone is 1. The average Bonchev–Trinajstić information content (AvgIpc) is 2.86. The average molecular weight is 499 g/mol. The molecule has 37 heavy (non-hydrogen) atoms. The first-order valence-electron chi connectivity index (χ1n) is 12.2. The van der Waals surface area contributed by atoms with Gasteiger partial charge < -0.3 is 15.8 Å². The maximum atomic E-state index is 13.9. The van der Waals surface area contributed by atoms with E-state index in [9.17, 15) is 9.18 Å². The fraction of sp³-hybridized carbons (Fsp3) is 0.233. The van der Waals surface area contributed by atoms with Crippen LogP contribution in [-0.4, -0.2) is 29.8 Å². The third-order valence-corrected chi connectivity index (χ3v) is 5.94. The zero-order valence-electron chi connectivity index (χ0n) is 21.4. The number of halogens is 1. The van der Waals surface area contributed by atoms with Crippen LogP contribution >= 0.6 is 0 Å². The van der Waals surface area contributed by atoms with Gasteiger partial charge in [0, 0.05) is 22.8 Å². The fourth-order valence-electron chi connectivity index (χ4n) is 4.34. The Kier molecular flexibility index (Phi) is 7.82.